The first-order chi connectivity index (χ1) is 14.8. The summed E-state index contributed by atoms with van der Waals surface area (Å²) < 4.78 is 34.3. The summed E-state index contributed by atoms with van der Waals surface area (Å²) in [7, 11) is 1.42. The smallest absolute Gasteiger partial charge is 0.388 e. The van der Waals surface area contributed by atoms with Gasteiger partial charge in [0, 0.05) is 7.05 Å². The lowest BCUT2D eigenvalue weighted by Crippen LogP contribution is -2.16. The topological polar surface area (TPSA) is 77.1 Å². The normalized spacial score (nSPS) is 10.8. The molecule has 0 aliphatic rings. The molecule has 0 aliphatic carbocycles. The van der Waals surface area contributed by atoms with Crippen LogP contribution < -0.4 is 11.1 Å². The second-order valence-corrected chi connectivity index (χ2v) is 6.92. The van der Waals surface area contributed by atoms with Gasteiger partial charge in [0.05, 0.1) is 11.3 Å². The van der Waals surface area contributed by atoms with Gasteiger partial charge in [-0.3, -0.25) is 4.79 Å². The molecule has 1 aromatic heterocycles. The van der Waals surface area contributed by atoms with Crippen LogP contribution in [-0.2, 0) is 7.05 Å². The molecule has 31 heavy (non-hydrogen) atoms. The third kappa shape index (κ3) is 3.87. The molecule has 4 rings (SSSR count). The summed E-state index contributed by atoms with van der Waals surface area (Å²) in [5.74, 6) is -3.67. The van der Waals surface area contributed by atoms with Crippen LogP contribution in [0.1, 0.15) is 15.9 Å². The van der Waals surface area contributed by atoms with Gasteiger partial charge in [0.15, 0.2) is 0 Å². The number of carbonyl (C=O) groups excluding carboxylic acids is 1. The number of nitrogens with one attached hydrogen (secondary N) is 1. The number of aryl methyl sites for hydroxylation is 2. The van der Waals surface area contributed by atoms with E-state index in [0.29, 0.717) is 5.56 Å². The predicted octanol–water partition coefficient (Wildman–Crippen LogP) is 4.55. The highest BCUT2D eigenvalue weighted by Crippen LogP contribution is 2.33. The minimum Gasteiger partial charge on any atom is -0.388 e. The van der Waals surface area contributed by atoms with E-state index in [1.807, 2.05) is 31.2 Å². The highest BCUT2D eigenvalue weighted by atomic mass is 19.1. The number of nitrogens with zero attached hydrogens (tertiary/aromatic N) is 2. The second-order valence-electron chi connectivity index (χ2n) is 6.92. The summed E-state index contributed by atoms with van der Waals surface area (Å²) in [6.45, 7) is 1.95. The molecule has 3 aromatic carbocycles. The molecular weight excluding hydrogens is 404 g/mol. The third-order valence-corrected chi connectivity index (χ3v) is 4.83. The molecule has 0 aliphatic heterocycles. The molecule has 1 heterocycles. The lowest BCUT2D eigenvalue weighted by molar-refractivity contribution is 0.101. The second kappa shape index (κ2) is 7.98. The molecule has 0 radical (unpaired) electrons. The van der Waals surface area contributed by atoms with Crippen molar-refractivity contribution in [2.24, 2.45) is 7.05 Å². The van der Waals surface area contributed by atoms with Crippen LogP contribution in [0.15, 0.2) is 69.9 Å². The zero-order chi connectivity index (χ0) is 22.1. The van der Waals surface area contributed by atoms with Crippen molar-refractivity contribution in [3.63, 3.8) is 0 Å². The molecule has 4 aromatic rings. The van der Waals surface area contributed by atoms with E-state index in [4.69, 9.17) is 4.42 Å². The van der Waals surface area contributed by atoms with Gasteiger partial charge in [0.2, 0.25) is 0 Å². The van der Waals surface area contributed by atoms with Crippen molar-refractivity contribution >= 4 is 11.6 Å². The third-order valence-electron chi connectivity index (χ3n) is 4.83. The number of hydrogen-bond donors (Lipinski definition) is 1. The lowest BCUT2D eigenvalue weighted by Gasteiger charge is -2.13. The fourth-order valence-electron chi connectivity index (χ4n) is 3.25. The summed E-state index contributed by atoms with van der Waals surface area (Å²) >= 11 is 0. The molecule has 0 fully saturated rings. The Balaban J connectivity index is 1.83. The molecule has 6 nitrogen and oxygen atoms in total. The van der Waals surface area contributed by atoms with E-state index in [1.54, 1.807) is 18.2 Å². The maximum Gasteiger partial charge on any atom is 0.437 e. The molecule has 0 unspecified atom stereocenters. The van der Waals surface area contributed by atoms with E-state index in [0.717, 1.165) is 33.5 Å². The zero-order valence-electron chi connectivity index (χ0n) is 16.6. The predicted molar refractivity (Wildman–Crippen MR) is 112 cm³/mol. The number of amides is 1. The zero-order valence-corrected chi connectivity index (χ0v) is 16.6. The highest BCUT2D eigenvalue weighted by molar-refractivity contribution is 6.06. The first-order valence-electron chi connectivity index (χ1n) is 9.35. The summed E-state index contributed by atoms with van der Waals surface area (Å²) in [5.41, 5.74) is 2.51. The van der Waals surface area contributed by atoms with Crippen molar-refractivity contribution in [3.8, 4) is 22.6 Å². The maximum absolute atomic E-state index is 14.0. The van der Waals surface area contributed by atoms with Crippen LogP contribution in [0.2, 0.25) is 0 Å². The number of aromatic nitrogens is 2. The molecule has 8 heteroatoms. The SMILES string of the molecule is Cc1ccccc1-c1ccc(NC(=O)c2c(F)cccc2F)c(-c2nn(C)c(=O)o2)c1. The van der Waals surface area contributed by atoms with Crippen LogP contribution >= 0.6 is 0 Å². The Kier molecular flexibility index (Phi) is 5.21. The van der Waals surface area contributed by atoms with Crippen LogP contribution in [0.25, 0.3) is 22.6 Å². The molecule has 0 atom stereocenters. The Hall–Kier alpha value is -4.07. The van der Waals surface area contributed by atoms with E-state index < -0.39 is 28.9 Å². The molecule has 0 saturated carbocycles. The first-order valence-corrected chi connectivity index (χ1v) is 9.35. The van der Waals surface area contributed by atoms with Crippen LogP contribution in [0.5, 0.6) is 0 Å². The van der Waals surface area contributed by atoms with E-state index in [9.17, 15) is 18.4 Å². The molecule has 1 amide bonds. The van der Waals surface area contributed by atoms with Gasteiger partial charge >= 0.3 is 5.76 Å². The fourth-order valence-corrected chi connectivity index (χ4v) is 3.25. The van der Waals surface area contributed by atoms with Crippen molar-refractivity contribution in [1.29, 1.82) is 0 Å². The van der Waals surface area contributed by atoms with E-state index in [-0.39, 0.29) is 11.6 Å². The Bertz CT molecular complexity index is 1340. The van der Waals surface area contributed by atoms with Gasteiger partial charge in [0.1, 0.15) is 17.2 Å². The lowest BCUT2D eigenvalue weighted by atomic mass is 9.98. The van der Waals surface area contributed by atoms with Gasteiger partial charge < -0.3 is 9.73 Å². The number of benzene rings is 3. The van der Waals surface area contributed by atoms with E-state index >= 15 is 0 Å². The van der Waals surface area contributed by atoms with Crippen molar-refractivity contribution < 1.29 is 18.0 Å². The average Bonchev–Trinajstić information content (AvgIpc) is 3.07. The van der Waals surface area contributed by atoms with Gasteiger partial charge in [0.25, 0.3) is 11.8 Å². The highest BCUT2D eigenvalue weighted by Gasteiger charge is 2.21. The van der Waals surface area contributed by atoms with E-state index in [1.165, 1.54) is 13.1 Å². The van der Waals surface area contributed by atoms with Crippen LogP contribution in [-0.4, -0.2) is 15.7 Å². The van der Waals surface area contributed by atoms with Crippen LogP contribution in [0.4, 0.5) is 14.5 Å². The maximum atomic E-state index is 14.0. The number of hydrogen-bond acceptors (Lipinski definition) is 4. The molecule has 1 N–H and O–H groups in total. The van der Waals surface area contributed by atoms with Gasteiger partial charge in [-0.1, -0.05) is 36.4 Å². The average molecular weight is 421 g/mol. The van der Waals surface area contributed by atoms with Crippen molar-refractivity contribution in [2.75, 3.05) is 5.32 Å². The summed E-state index contributed by atoms with van der Waals surface area (Å²) in [4.78, 5) is 24.4. The first kappa shape index (κ1) is 20.2. The van der Waals surface area contributed by atoms with Crippen LogP contribution in [0.3, 0.4) is 0 Å². The van der Waals surface area contributed by atoms with Crippen molar-refractivity contribution in [1.82, 2.24) is 9.78 Å². The number of rotatable bonds is 4. The Morgan fingerprint density at radius 3 is 2.35 bits per heavy atom. The minimum atomic E-state index is -0.986. The number of halogens is 2. The molecular formula is C23H17F2N3O3. The van der Waals surface area contributed by atoms with E-state index in [2.05, 4.69) is 10.4 Å². The summed E-state index contributed by atoms with van der Waals surface area (Å²) in [5, 5.41) is 6.55. The Labute approximate surface area is 175 Å². The van der Waals surface area contributed by atoms with Crippen molar-refractivity contribution in [2.45, 2.75) is 6.92 Å². The van der Waals surface area contributed by atoms with Gasteiger partial charge in [-0.05, 0) is 47.9 Å². The number of anilines is 1. The summed E-state index contributed by atoms with van der Waals surface area (Å²) in [6, 6.07) is 15.9. The van der Waals surface area contributed by atoms with Gasteiger partial charge in [-0.2, -0.15) is 4.68 Å². The van der Waals surface area contributed by atoms with Gasteiger partial charge in [-0.15, -0.1) is 5.10 Å². The quantitative estimate of drug-likeness (QED) is 0.525. The monoisotopic (exact) mass is 421 g/mol. The minimum absolute atomic E-state index is 0.0350. The molecule has 0 saturated heterocycles. The number of carbonyl (C=O) groups is 1. The largest absolute Gasteiger partial charge is 0.437 e. The standard InChI is InChI=1S/C23H17F2N3O3/c1-13-6-3-4-7-15(13)14-10-11-19(16(12-14)22-27-28(2)23(30)31-22)26-21(29)20-17(24)8-5-9-18(20)25/h3-12H,1-2H3,(H,26,29). The summed E-state index contributed by atoms with van der Waals surface area (Å²) in [6.07, 6.45) is 0. The van der Waals surface area contributed by atoms with Crippen LogP contribution in [0, 0.1) is 18.6 Å². The van der Waals surface area contributed by atoms with Gasteiger partial charge in [-0.25, -0.2) is 13.6 Å². The fraction of sp³-hybridized carbons (Fsp3) is 0.0870. The molecule has 0 spiro atoms. The Morgan fingerprint density at radius 2 is 1.71 bits per heavy atom. The Morgan fingerprint density at radius 1 is 1.00 bits per heavy atom. The molecule has 156 valence electrons. The molecule has 0 bridgehead atoms. The van der Waals surface area contributed by atoms with Crippen molar-refractivity contribution in [3.05, 3.63) is 94.0 Å².